The zero-order valence-corrected chi connectivity index (χ0v) is 18.3. The standard InChI is InChI=1S/C23H33N3O2S/c1-27-20-11-7-8-18(16-20)21-17-23(28-25-21)12-14-26(15-13-23)22(29)24-19-9-5-3-2-4-6-10-19/h7-8,11,16,19H,2-6,9-10,12-15,17H2,1H3,(H,24,29). The molecule has 1 N–H and O–H groups in total. The van der Waals surface area contributed by atoms with E-state index in [0.717, 1.165) is 54.5 Å². The lowest BCUT2D eigenvalue weighted by atomic mass is 9.85. The van der Waals surface area contributed by atoms with E-state index < -0.39 is 0 Å². The molecule has 2 fully saturated rings. The van der Waals surface area contributed by atoms with Crippen LogP contribution in [-0.2, 0) is 4.84 Å². The third kappa shape index (κ3) is 5.03. The van der Waals surface area contributed by atoms with Gasteiger partial charge in [-0.3, -0.25) is 0 Å². The smallest absolute Gasteiger partial charge is 0.169 e. The van der Waals surface area contributed by atoms with Gasteiger partial charge in [0, 0.05) is 44.0 Å². The number of nitrogens with zero attached hydrogens (tertiary/aromatic N) is 2. The Hall–Kier alpha value is -1.82. The molecule has 1 aromatic carbocycles. The number of oxime groups is 1. The van der Waals surface area contributed by atoms with Crippen molar-refractivity contribution in [1.29, 1.82) is 0 Å². The van der Waals surface area contributed by atoms with Gasteiger partial charge in [-0.1, -0.05) is 49.4 Å². The summed E-state index contributed by atoms with van der Waals surface area (Å²) in [6.45, 7) is 1.86. The van der Waals surface area contributed by atoms with E-state index in [-0.39, 0.29) is 5.60 Å². The first-order valence-electron chi connectivity index (χ1n) is 11.1. The maximum atomic E-state index is 5.99. The molecule has 1 spiro atoms. The minimum atomic E-state index is -0.176. The fraction of sp³-hybridized carbons (Fsp3) is 0.652. The van der Waals surface area contributed by atoms with Crippen molar-refractivity contribution < 1.29 is 9.57 Å². The lowest BCUT2D eigenvalue weighted by Crippen LogP contribution is -2.51. The Labute approximate surface area is 179 Å². The van der Waals surface area contributed by atoms with Gasteiger partial charge in [0.1, 0.15) is 11.4 Å². The molecule has 2 heterocycles. The summed E-state index contributed by atoms with van der Waals surface area (Å²) in [6, 6.07) is 8.61. The first-order chi connectivity index (χ1) is 14.2. The highest BCUT2D eigenvalue weighted by molar-refractivity contribution is 7.80. The molecule has 158 valence electrons. The molecule has 1 saturated heterocycles. The second-order valence-corrected chi connectivity index (χ2v) is 9.09. The SMILES string of the molecule is COc1cccc(C2=NOC3(CCN(C(=S)NC4CCCCCCC4)CC3)C2)c1. The first-order valence-corrected chi connectivity index (χ1v) is 11.5. The van der Waals surface area contributed by atoms with Crippen molar-refractivity contribution in [3.8, 4) is 5.75 Å². The molecule has 1 aliphatic carbocycles. The summed E-state index contributed by atoms with van der Waals surface area (Å²) >= 11 is 5.75. The third-order valence-electron chi connectivity index (χ3n) is 6.64. The molecule has 0 amide bonds. The normalized spacial score (nSPS) is 22.4. The minimum absolute atomic E-state index is 0.176. The number of hydrogen-bond acceptors (Lipinski definition) is 4. The molecule has 0 radical (unpaired) electrons. The van der Waals surface area contributed by atoms with E-state index in [0.29, 0.717) is 6.04 Å². The van der Waals surface area contributed by atoms with Gasteiger partial charge >= 0.3 is 0 Å². The number of hydrogen-bond donors (Lipinski definition) is 1. The van der Waals surface area contributed by atoms with Crippen LogP contribution in [0.4, 0.5) is 0 Å². The molecule has 29 heavy (non-hydrogen) atoms. The highest BCUT2D eigenvalue weighted by atomic mass is 32.1. The zero-order valence-electron chi connectivity index (χ0n) is 17.5. The number of thiocarbonyl (C=S) groups is 1. The molecule has 3 aliphatic rings. The van der Waals surface area contributed by atoms with Crippen LogP contribution < -0.4 is 10.1 Å². The second-order valence-electron chi connectivity index (χ2n) is 8.70. The van der Waals surface area contributed by atoms with Gasteiger partial charge in [-0.05, 0) is 37.2 Å². The molecule has 0 unspecified atom stereocenters. The molecule has 0 bridgehead atoms. The summed E-state index contributed by atoms with van der Waals surface area (Å²) in [5, 5.41) is 9.02. The Bertz CT molecular complexity index is 735. The maximum Gasteiger partial charge on any atom is 0.169 e. The van der Waals surface area contributed by atoms with Crippen LogP contribution in [0.5, 0.6) is 5.75 Å². The van der Waals surface area contributed by atoms with Crippen LogP contribution in [0.3, 0.4) is 0 Å². The van der Waals surface area contributed by atoms with Gasteiger partial charge in [0.15, 0.2) is 5.11 Å². The zero-order chi connectivity index (χ0) is 20.1. The van der Waals surface area contributed by atoms with Gasteiger partial charge < -0.3 is 19.8 Å². The summed E-state index contributed by atoms with van der Waals surface area (Å²) in [4.78, 5) is 8.31. The Morgan fingerprint density at radius 1 is 1.17 bits per heavy atom. The third-order valence-corrected chi connectivity index (χ3v) is 7.01. The monoisotopic (exact) mass is 415 g/mol. The van der Waals surface area contributed by atoms with E-state index in [1.54, 1.807) is 7.11 Å². The molecule has 0 atom stereocenters. The van der Waals surface area contributed by atoms with E-state index in [1.165, 1.54) is 44.9 Å². The summed E-state index contributed by atoms with van der Waals surface area (Å²) < 4.78 is 5.35. The first kappa shape index (κ1) is 20.5. The average molecular weight is 416 g/mol. The van der Waals surface area contributed by atoms with Crippen molar-refractivity contribution >= 4 is 23.0 Å². The van der Waals surface area contributed by atoms with Crippen LogP contribution in [0.2, 0.25) is 0 Å². The lowest BCUT2D eigenvalue weighted by molar-refractivity contribution is -0.0525. The topological polar surface area (TPSA) is 46.1 Å². The van der Waals surface area contributed by atoms with E-state index in [9.17, 15) is 0 Å². The van der Waals surface area contributed by atoms with Gasteiger partial charge in [-0.15, -0.1) is 0 Å². The molecule has 1 aromatic rings. The van der Waals surface area contributed by atoms with Gasteiger partial charge in [-0.25, -0.2) is 0 Å². The number of benzene rings is 1. The Balaban J connectivity index is 1.28. The van der Waals surface area contributed by atoms with Gasteiger partial charge in [0.25, 0.3) is 0 Å². The van der Waals surface area contributed by atoms with Crippen molar-refractivity contribution in [3.63, 3.8) is 0 Å². The van der Waals surface area contributed by atoms with Gasteiger partial charge in [-0.2, -0.15) is 0 Å². The Morgan fingerprint density at radius 2 is 1.90 bits per heavy atom. The van der Waals surface area contributed by atoms with Crippen molar-refractivity contribution in [3.05, 3.63) is 29.8 Å². The number of rotatable bonds is 3. The molecule has 4 rings (SSSR count). The predicted molar refractivity (Wildman–Crippen MR) is 121 cm³/mol. The largest absolute Gasteiger partial charge is 0.497 e. The van der Waals surface area contributed by atoms with Crippen molar-refractivity contribution in [1.82, 2.24) is 10.2 Å². The summed E-state index contributed by atoms with van der Waals surface area (Å²) in [6.07, 6.45) is 12.0. The van der Waals surface area contributed by atoms with Crippen LogP contribution >= 0.6 is 12.2 Å². The fourth-order valence-corrected chi connectivity index (χ4v) is 5.08. The minimum Gasteiger partial charge on any atom is -0.497 e. The average Bonchev–Trinajstić information content (AvgIpc) is 3.14. The van der Waals surface area contributed by atoms with Crippen LogP contribution in [-0.4, -0.2) is 47.6 Å². The molecule has 6 heteroatoms. The highest BCUT2D eigenvalue weighted by Gasteiger charge is 2.42. The number of ether oxygens (including phenoxy) is 1. The van der Waals surface area contributed by atoms with Crippen LogP contribution in [0, 0.1) is 0 Å². The van der Waals surface area contributed by atoms with E-state index in [4.69, 9.17) is 21.8 Å². The predicted octanol–water partition coefficient (Wildman–Crippen LogP) is 4.64. The quantitative estimate of drug-likeness (QED) is 0.729. The Morgan fingerprint density at radius 3 is 2.62 bits per heavy atom. The molecular formula is C23H33N3O2S. The number of piperidine rings is 1. The molecule has 0 aromatic heterocycles. The number of methoxy groups -OCH3 is 1. The second kappa shape index (κ2) is 9.33. The Kier molecular flexibility index (Phi) is 6.58. The van der Waals surface area contributed by atoms with Gasteiger partial charge in [0.2, 0.25) is 0 Å². The van der Waals surface area contributed by atoms with Crippen LogP contribution in [0.15, 0.2) is 29.4 Å². The van der Waals surface area contributed by atoms with Crippen molar-refractivity contribution in [2.45, 2.75) is 75.9 Å². The van der Waals surface area contributed by atoms with Crippen LogP contribution in [0.25, 0.3) is 0 Å². The molecular weight excluding hydrogens is 382 g/mol. The fourth-order valence-electron chi connectivity index (χ4n) is 4.73. The summed E-state index contributed by atoms with van der Waals surface area (Å²) in [7, 11) is 1.69. The van der Waals surface area contributed by atoms with Gasteiger partial charge in [0.05, 0.1) is 12.8 Å². The number of nitrogens with one attached hydrogen (secondary N) is 1. The van der Waals surface area contributed by atoms with Crippen LogP contribution in [0.1, 0.15) is 69.8 Å². The van der Waals surface area contributed by atoms with E-state index in [2.05, 4.69) is 21.4 Å². The van der Waals surface area contributed by atoms with Crippen molar-refractivity contribution in [2.24, 2.45) is 5.16 Å². The summed E-state index contributed by atoms with van der Waals surface area (Å²) in [5.74, 6) is 0.853. The number of likely N-dealkylation sites (tertiary alicyclic amines) is 1. The highest BCUT2D eigenvalue weighted by Crippen LogP contribution is 2.36. The molecule has 2 aliphatic heterocycles. The molecule has 1 saturated carbocycles. The van der Waals surface area contributed by atoms with E-state index in [1.807, 2.05) is 18.2 Å². The molecule has 5 nitrogen and oxygen atoms in total. The summed E-state index contributed by atoms with van der Waals surface area (Å²) in [5.41, 5.74) is 1.93. The van der Waals surface area contributed by atoms with E-state index >= 15 is 0 Å². The maximum absolute atomic E-state index is 5.99. The lowest BCUT2D eigenvalue weighted by Gasteiger charge is -2.39. The van der Waals surface area contributed by atoms with Crippen molar-refractivity contribution in [2.75, 3.05) is 20.2 Å².